The minimum Gasteiger partial charge on any atom is -0.444 e. The second-order valence-corrected chi connectivity index (χ2v) is 5.83. The SMILES string of the molecule is Cc1ccc(-c2nc(CNC(=O)C3CCCC3O)co2)cc1. The molecule has 1 aromatic heterocycles. The van der Waals surface area contributed by atoms with E-state index in [1.54, 1.807) is 6.26 Å². The highest BCUT2D eigenvalue weighted by atomic mass is 16.3. The summed E-state index contributed by atoms with van der Waals surface area (Å²) in [7, 11) is 0. The lowest BCUT2D eigenvalue weighted by molar-refractivity contribution is -0.127. The third kappa shape index (κ3) is 3.20. The number of carbonyl (C=O) groups is 1. The van der Waals surface area contributed by atoms with E-state index < -0.39 is 6.10 Å². The lowest BCUT2D eigenvalue weighted by Gasteiger charge is -2.13. The van der Waals surface area contributed by atoms with Crippen molar-refractivity contribution in [3.8, 4) is 11.5 Å². The first-order chi connectivity index (χ1) is 10.6. The molecule has 22 heavy (non-hydrogen) atoms. The number of aryl methyl sites for hydroxylation is 1. The molecule has 0 spiro atoms. The summed E-state index contributed by atoms with van der Waals surface area (Å²) in [4.78, 5) is 16.4. The van der Waals surface area contributed by atoms with Crippen LogP contribution in [0.3, 0.4) is 0 Å². The third-order valence-electron chi connectivity index (χ3n) is 4.11. The number of aliphatic hydroxyl groups is 1. The number of aromatic nitrogens is 1. The third-order valence-corrected chi connectivity index (χ3v) is 4.11. The second kappa shape index (κ2) is 6.32. The predicted molar refractivity (Wildman–Crippen MR) is 81.9 cm³/mol. The average molecular weight is 300 g/mol. The van der Waals surface area contributed by atoms with Crippen molar-refractivity contribution in [1.82, 2.24) is 10.3 Å². The van der Waals surface area contributed by atoms with Crippen LogP contribution in [-0.2, 0) is 11.3 Å². The molecule has 3 rings (SSSR count). The molecule has 116 valence electrons. The molecule has 1 aromatic carbocycles. The summed E-state index contributed by atoms with van der Waals surface area (Å²) >= 11 is 0. The number of amides is 1. The minimum atomic E-state index is -0.513. The van der Waals surface area contributed by atoms with Crippen molar-refractivity contribution >= 4 is 5.91 Å². The Morgan fingerprint density at radius 1 is 1.36 bits per heavy atom. The van der Waals surface area contributed by atoms with E-state index in [2.05, 4.69) is 10.3 Å². The molecule has 0 saturated heterocycles. The molecule has 0 radical (unpaired) electrons. The zero-order chi connectivity index (χ0) is 15.5. The second-order valence-electron chi connectivity index (χ2n) is 5.83. The molecule has 5 nitrogen and oxygen atoms in total. The van der Waals surface area contributed by atoms with Gasteiger partial charge >= 0.3 is 0 Å². The van der Waals surface area contributed by atoms with Gasteiger partial charge in [-0.05, 0) is 38.3 Å². The van der Waals surface area contributed by atoms with E-state index in [1.165, 1.54) is 5.56 Å². The molecule has 1 fully saturated rings. The minimum absolute atomic E-state index is 0.107. The van der Waals surface area contributed by atoms with Gasteiger partial charge in [0.15, 0.2) is 0 Å². The Balaban J connectivity index is 1.60. The van der Waals surface area contributed by atoms with Crippen molar-refractivity contribution in [1.29, 1.82) is 0 Å². The summed E-state index contributed by atoms with van der Waals surface area (Å²) in [6.45, 7) is 2.34. The van der Waals surface area contributed by atoms with Crippen LogP contribution in [0.4, 0.5) is 0 Å². The highest BCUT2D eigenvalue weighted by Crippen LogP contribution is 2.25. The van der Waals surface area contributed by atoms with Gasteiger partial charge in [-0.1, -0.05) is 17.7 Å². The van der Waals surface area contributed by atoms with E-state index in [-0.39, 0.29) is 11.8 Å². The van der Waals surface area contributed by atoms with Crippen molar-refractivity contribution in [2.75, 3.05) is 0 Å². The van der Waals surface area contributed by atoms with Crippen molar-refractivity contribution < 1.29 is 14.3 Å². The van der Waals surface area contributed by atoms with Gasteiger partial charge in [0.05, 0.1) is 24.3 Å². The number of carbonyl (C=O) groups excluding carboxylic acids is 1. The van der Waals surface area contributed by atoms with Gasteiger partial charge in [0.2, 0.25) is 11.8 Å². The van der Waals surface area contributed by atoms with E-state index in [0.29, 0.717) is 24.6 Å². The van der Waals surface area contributed by atoms with Gasteiger partial charge in [-0.3, -0.25) is 4.79 Å². The summed E-state index contributed by atoms with van der Waals surface area (Å²) in [5.41, 5.74) is 2.77. The summed E-state index contributed by atoms with van der Waals surface area (Å²) < 4.78 is 5.46. The molecular formula is C17H20N2O3. The Morgan fingerprint density at radius 3 is 2.82 bits per heavy atom. The van der Waals surface area contributed by atoms with Crippen molar-refractivity contribution in [2.45, 2.75) is 38.8 Å². The van der Waals surface area contributed by atoms with Crippen LogP contribution in [0.25, 0.3) is 11.5 Å². The highest BCUT2D eigenvalue weighted by Gasteiger charge is 2.31. The Morgan fingerprint density at radius 2 is 2.14 bits per heavy atom. The smallest absolute Gasteiger partial charge is 0.226 e. The summed E-state index contributed by atoms with van der Waals surface area (Å²) in [6, 6.07) is 7.92. The molecule has 0 bridgehead atoms. The van der Waals surface area contributed by atoms with Gasteiger partial charge in [0.25, 0.3) is 0 Å². The summed E-state index contributed by atoms with van der Waals surface area (Å²) in [5.74, 6) is 0.151. The molecule has 1 aliphatic carbocycles. The number of hydrogen-bond acceptors (Lipinski definition) is 4. The largest absolute Gasteiger partial charge is 0.444 e. The average Bonchev–Trinajstić information content (AvgIpc) is 3.14. The van der Waals surface area contributed by atoms with Crippen molar-refractivity contribution in [3.05, 3.63) is 41.8 Å². The standard InChI is InChI=1S/C17H20N2O3/c1-11-5-7-12(8-6-11)17-19-13(10-22-17)9-18-16(21)14-3-2-4-15(14)20/h5-8,10,14-15,20H,2-4,9H2,1H3,(H,18,21). The summed E-state index contributed by atoms with van der Waals surface area (Å²) in [5, 5.41) is 12.6. The Kier molecular flexibility index (Phi) is 4.24. The Hall–Kier alpha value is -2.14. The number of nitrogens with zero attached hydrogens (tertiary/aromatic N) is 1. The first kappa shape index (κ1) is 14.8. The van der Waals surface area contributed by atoms with Gasteiger partial charge in [-0.15, -0.1) is 0 Å². The van der Waals surface area contributed by atoms with Gasteiger partial charge < -0.3 is 14.8 Å². The van der Waals surface area contributed by atoms with Gasteiger partial charge in [-0.2, -0.15) is 0 Å². The molecule has 1 saturated carbocycles. The first-order valence-electron chi connectivity index (χ1n) is 7.61. The van der Waals surface area contributed by atoms with Crippen LogP contribution < -0.4 is 5.32 Å². The van der Waals surface area contributed by atoms with Crippen LogP contribution in [0.5, 0.6) is 0 Å². The molecular weight excluding hydrogens is 280 g/mol. The van der Waals surface area contributed by atoms with E-state index >= 15 is 0 Å². The van der Waals surface area contributed by atoms with E-state index in [0.717, 1.165) is 18.4 Å². The molecule has 2 unspecified atom stereocenters. The molecule has 1 aliphatic rings. The van der Waals surface area contributed by atoms with Crippen LogP contribution in [-0.4, -0.2) is 22.1 Å². The summed E-state index contributed by atoms with van der Waals surface area (Å²) in [6.07, 6.45) is 3.40. The molecule has 0 aliphatic heterocycles. The molecule has 2 aromatic rings. The number of rotatable bonds is 4. The predicted octanol–water partition coefficient (Wildman–Crippen LogP) is 2.43. The number of hydrogen-bond donors (Lipinski definition) is 2. The van der Waals surface area contributed by atoms with E-state index in [9.17, 15) is 9.90 Å². The lowest BCUT2D eigenvalue weighted by atomic mass is 10.1. The van der Waals surface area contributed by atoms with Crippen LogP contribution in [0.1, 0.15) is 30.5 Å². The van der Waals surface area contributed by atoms with Crippen LogP contribution in [0, 0.1) is 12.8 Å². The molecule has 1 heterocycles. The maximum atomic E-state index is 12.0. The first-order valence-corrected chi connectivity index (χ1v) is 7.61. The van der Waals surface area contributed by atoms with Crippen LogP contribution in [0.15, 0.2) is 34.9 Å². The maximum Gasteiger partial charge on any atom is 0.226 e. The van der Waals surface area contributed by atoms with Gasteiger partial charge in [0.1, 0.15) is 6.26 Å². The quantitative estimate of drug-likeness (QED) is 0.909. The zero-order valence-electron chi connectivity index (χ0n) is 12.6. The highest BCUT2D eigenvalue weighted by molar-refractivity contribution is 5.79. The maximum absolute atomic E-state index is 12.0. The molecule has 5 heteroatoms. The fraction of sp³-hybridized carbons (Fsp3) is 0.412. The van der Waals surface area contributed by atoms with E-state index in [1.807, 2.05) is 31.2 Å². The zero-order valence-corrected chi connectivity index (χ0v) is 12.6. The number of aliphatic hydroxyl groups excluding tert-OH is 1. The van der Waals surface area contributed by atoms with Gasteiger partial charge in [0, 0.05) is 5.56 Å². The van der Waals surface area contributed by atoms with Crippen LogP contribution in [0.2, 0.25) is 0 Å². The molecule has 2 N–H and O–H groups in total. The van der Waals surface area contributed by atoms with Crippen molar-refractivity contribution in [3.63, 3.8) is 0 Å². The number of nitrogens with one attached hydrogen (secondary N) is 1. The Labute approximate surface area is 129 Å². The number of benzene rings is 1. The Bertz CT molecular complexity index is 648. The van der Waals surface area contributed by atoms with Crippen molar-refractivity contribution in [2.24, 2.45) is 5.92 Å². The monoisotopic (exact) mass is 300 g/mol. The topological polar surface area (TPSA) is 75.4 Å². The molecule has 1 amide bonds. The van der Waals surface area contributed by atoms with Crippen LogP contribution >= 0.6 is 0 Å². The molecule has 2 atom stereocenters. The fourth-order valence-corrected chi connectivity index (χ4v) is 2.77. The van der Waals surface area contributed by atoms with Gasteiger partial charge in [-0.25, -0.2) is 4.98 Å². The normalized spacial score (nSPS) is 21.0. The van der Waals surface area contributed by atoms with E-state index in [4.69, 9.17) is 4.42 Å². The number of oxazole rings is 1. The fourth-order valence-electron chi connectivity index (χ4n) is 2.77. The lowest BCUT2D eigenvalue weighted by Crippen LogP contribution is -2.34.